The molecule has 0 aliphatic carbocycles. The molecule has 0 saturated carbocycles. The first kappa shape index (κ1) is 15.5. The summed E-state index contributed by atoms with van der Waals surface area (Å²) in [5.41, 5.74) is 3.92. The number of rotatable bonds is 4. The molecule has 3 heterocycles. The summed E-state index contributed by atoms with van der Waals surface area (Å²) in [5, 5.41) is 25.0. The molecule has 0 atom stereocenters. The predicted molar refractivity (Wildman–Crippen MR) is 90.9 cm³/mol. The molecule has 0 fully saturated rings. The Morgan fingerprint density at radius 3 is 3.20 bits per heavy atom. The van der Waals surface area contributed by atoms with E-state index in [9.17, 15) is 4.79 Å². The van der Waals surface area contributed by atoms with Crippen LogP contribution in [0.4, 0.5) is 5.69 Å². The van der Waals surface area contributed by atoms with Crippen LogP contribution in [-0.4, -0.2) is 42.9 Å². The van der Waals surface area contributed by atoms with E-state index in [1.807, 2.05) is 31.2 Å². The zero-order chi connectivity index (χ0) is 17.2. The fourth-order valence-electron chi connectivity index (χ4n) is 2.96. The molecule has 9 heteroatoms. The molecule has 0 spiro atoms. The number of hydrogen-bond acceptors (Lipinski definition) is 6. The molecule has 128 valence electrons. The number of carbonyl (C=O) groups is 1. The summed E-state index contributed by atoms with van der Waals surface area (Å²) >= 11 is 0. The van der Waals surface area contributed by atoms with Crippen molar-refractivity contribution in [3.05, 3.63) is 41.2 Å². The van der Waals surface area contributed by atoms with Crippen LogP contribution in [-0.2, 0) is 19.5 Å². The van der Waals surface area contributed by atoms with Crippen LogP contribution >= 0.6 is 0 Å². The van der Waals surface area contributed by atoms with Crippen molar-refractivity contribution < 1.29 is 4.79 Å². The molecule has 2 aromatic heterocycles. The van der Waals surface area contributed by atoms with Gasteiger partial charge < -0.3 is 10.6 Å². The van der Waals surface area contributed by atoms with E-state index in [4.69, 9.17) is 0 Å². The lowest BCUT2D eigenvalue weighted by Crippen LogP contribution is -2.25. The SMILES string of the molecule is CCn1nnnc1-c1cccc(NC(=O)c2n[nH]c3c2CNCC3)c1. The monoisotopic (exact) mass is 338 g/mol. The lowest BCUT2D eigenvalue weighted by atomic mass is 10.1. The number of benzene rings is 1. The van der Waals surface area contributed by atoms with Crippen molar-refractivity contribution in [3.63, 3.8) is 0 Å². The molecular formula is C16H18N8O. The number of hydrogen-bond donors (Lipinski definition) is 3. The summed E-state index contributed by atoms with van der Waals surface area (Å²) in [4.78, 5) is 12.6. The van der Waals surface area contributed by atoms with Gasteiger partial charge in [0, 0.05) is 48.6 Å². The van der Waals surface area contributed by atoms with Gasteiger partial charge in [-0.15, -0.1) is 5.10 Å². The van der Waals surface area contributed by atoms with E-state index in [0.717, 1.165) is 29.8 Å². The minimum atomic E-state index is -0.228. The zero-order valence-corrected chi connectivity index (χ0v) is 13.8. The van der Waals surface area contributed by atoms with E-state index in [0.29, 0.717) is 30.3 Å². The van der Waals surface area contributed by atoms with Gasteiger partial charge in [-0.05, 0) is 29.5 Å². The Morgan fingerprint density at radius 1 is 1.40 bits per heavy atom. The molecular weight excluding hydrogens is 320 g/mol. The van der Waals surface area contributed by atoms with E-state index in [1.54, 1.807) is 4.68 Å². The number of aromatic nitrogens is 6. The number of carbonyl (C=O) groups excluding carboxylic acids is 1. The van der Waals surface area contributed by atoms with Gasteiger partial charge >= 0.3 is 0 Å². The molecule has 1 aliphatic heterocycles. The van der Waals surface area contributed by atoms with Crippen molar-refractivity contribution in [2.75, 3.05) is 11.9 Å². The van der Waals surface area contributed by atoms with Crippen LogP contribution in [0.3, 0.4) is 0 Å². The maximum Gasteiger partial charge on any atom is 0.276 e. The van der Waals surface area contributed by atoms with Crippen molar-refractivity contribution in [1.29, 1.82) is 0 Å². The predicted octanol–water partition coefficient (Wildman–Crippen LogP) is 0.981. The third kappa shape index (κ3) is 2.89. The zero-order valence-electron chi connectivity index (χ0n) is 13.8. The molecule has 0 bridgehead atoms. The Labute approximate surface area is 143 Å². The number of fused-ring (bicyclic) bond motifs is 1. The Morgan fingerprint density at radius 2 is 2.32 bits per heavy atom. The van der Waals surface area contributed by atoms with Crippen LogP contribution in [0.15, 0.2) is 24.3 Å². The Kier molecular flexibility index (Phi) is 3.98. The number of amides is 1. The van der Waals surface area contributed by atoms with Gasteiger partial charge in [0.05, 0.1) is 0 Å². The van der Waals surface area contributed by atoms with Crippen molar-refractivity contribution in [3.8, 4) is 11.4 Å². The van der Waals surface area contributed by atoms with Gasteiger partial charge in [-0.25, -0.2) is 4.68 Å². The molecule has 3 N–H and O–H groups in total. The number of tetrazole rings is 1. The largest absolute Gasteiger partial charge is 0.321 e. The smallest absolute Gasteiger partial charge is 0.276 e. The lowest BCUT2D eigenvalue weighted by molar-refractivity contribution is 0.102. The summed E-state index contributed by atoms with van der Waals surface area (Å²) in [6, 6.07) is 7.46. The van der Waals surface area contributed by atoms with E-state index in [2.05, 4.69) is 36.4 Å². The standard InChI is InChI=1S/C16H18N8O/c1-2-24-15(21-22-23-24)10-4-3-5-11(8-10)18-16(25)14-12-9-17-7-6-13(12)19-20-14/h3-5,8,17H,2,6-7,9H2,1H3,(H,18,25)(H,19,20). The van der Waals surface area contributed by atoms with Gasteiger partial charge in [-0.3, -0.25) is 9.89 Å². The number of H-pyrrole nitrogens is 1. The first-order valence-electron chi connectivity index (χ1n) is 8.21. The average molecular weight is 338 g/mol. The third-order valence-corrected chi connectivity index (χ3v) is 4.23. The molecule has 25 heavy (non-hydrogen) atoms. The van der Waals surface area contributed by atoms with Gasteiger partial charge in [-0.1, -0.05) is 12.1 Å². The molecule has 1 aliphatic rings. The van der Waals surface area contributed by atoms with E-state index < -0.39 is 0 Å². The van der Waals surface area contributed by atoms with E-state index >= 15 is 0 Å². The number of aryl methyl sites for hydroxylation is 1. The number of anilines is 1. The number of aromatic amines is 1. The molecule has 3 aromatic rings. The van der Waals surface area contributed by atoms with E-state index in [1.165, 1.54) is 0 Å². The summed E-state index contributed by atoms with van der Waals surface area (Å²) in [6.07, 6.45) is 0.852. The Bertz CT molecular complexity index is 913. The number of nitrogens with zero attached hydrogens (tertiary/aromatic N) is 5. The molecule has 0 unspecified atom stereocenters. The van der Waals surface area contributed by atoms with Crippen LogP contribution in [0.2, 0.25) is 0 Å². The van der Waals surface area contributed by atoms with Gasteiger partial charge in [-0.2, -0.15) is 5.10 Å². The summed E-state index contributed by atoms with van der Waals surface area (Å²) in [7, 11) is 0. The number of nitrogens with one attached hydrogen (secondary N) is 3. The quantitative estimate of drug-likeness (QED) is 0.653. The maximum absolute atomic E-state index is 12.6. The molecule has 0 radical (unpaired) electrons. The fourth-order valence-corrected chi connectivity index (χ4v) is 2.96. The van der Waals surface area contributed by atoms with Crippen molar-refractivity contribution in [2.45, 2.75) is 26.4 Å². The maximum atomic E-state index is 12.6. The normalized spacial score (nSPS) is 13.5. The Hall–Kier alpha value is -3.07. The highest BCUT2D eigenvalue weighted by Crippen LogP contribution is 2.21. The molecule has 1 amide bonds. The van der Waals surface area contributed by atoms with Crippen molar-refractivity contribution >= 4 is 11.6 Å². The molecule has 4 rings (SSSR count). The highest BCUT2D eigenvalue weighted by molar-refractivity contribution is 6.04. The minimum Gasteiger partial charge on any atom is -0.321 e. The van der Waals surface area contributed by atoms with Crippen LogP contribution in [0.25, 0.3) is 11.4 Å². The van der Waals surface area contributed by atoms with Crippen molar-refractivity contribution in [1.82, 2.24) is 35.7 Å². The van der Waals surface area contributed by atoms with Crippen LogP contribution in [0, 0.1) is 0 Å². The average Bonchev–Trinajstić information content (AvgIpc) is 3.28. The second kappa shape index (κ2) is 6.44. The molecule has 1 aromatic carbocycles. The highest BCUT2D eigenvalue weighted by atomic mass is 16.1. The van der Waals surface area contributed by atoms with Crippen molar-refractivity contribution in [2.24, 2.45) is 0 Å². The highest BCUT2D eigenvalue weighted by Gasteiger charge is 2.21. The summed E-state index contributed by atoms with van der Waals surface area (Å²) in [5.74, 6) is 0.438. The lowest BCUT2D eigenvalue weighted by Gasteiger charge is -2.13. The Balaban J connectivity index is 1.58. The summed E-state index contributed by atoms with van der Waals surface area (Å²) < 4.78 is 1.71. The van der Waals surface area contributed by atoms with Gasteiger partial charge in [0.25, 0.3) is 5.91 Å². The van der Waals surface area contributed by atoms with E-state index in [-0.39, 0.29) is 5.91 Å². The second-order valence-electron chi connectivity index (χ2n) is 5.81. The first-order valence-corrected chi connectivity index (χ1v) is 8.21. The van der Waals surface area contributed by atoms with Gasteiger partial charge in [0.2, 0.25) is 0 Å². The molecule has 9 nitrogen and oxygen atoms in total. The topological polar surface area (TPSA) is 113 Å². The molecule has 0 saturated heterocycles. The fraction of sp³-hybridized carbons (Fsp3) is 0.312. The summed E-state index contributed by atoms with van der Waals surface area (Å²) in [6.45, 7) is 4.19. The van der Waals surface area contributed by atoms with Gasteiger partial charge in [0.15, 0.2) is 11.5 Å². The first-order chi connectivity index (χ1) is 12.3. The second-order valence-corrected chi connectivity index (χ2v) is 5.81. The third-order valence-electron chi connectivity index (χ3n) is 4.23. The van der Waals surface area contributed by atoms with Gasteiger partial charge in [0.1, 0.15) is 0 Å². The van der Waals surface area contributed by atoms with Crippen LogP contribution < -0.4 is 10.6 Å². The minimum absolute atomic E-state index is 0.228. The van der Waals surface area contributed by atoms with Crippen LogP contribution in [0.5, 0.6) is 0 Å². The van der Waals surface area contributed by atoms with Crippen LogP contribution in [0.1, 0.15) is 28.7 Å².